The Morgan fingerprint density at radius 1 is 1.35 bits per heavy atom. The lowest BCUT2D eigenvalue weighted by atomic mass is 10.0. The first-order chi connectivity index (χ1) is 9.45. The van der Waals surface area contributed by atoms with E-state index < -0.39 is 0 Å². The number of likely N-dealkylation sites (N-methyl/N-ethyl adjacent to an activating group) is 1. The molecule has 0 fully saturated rings. The zero-order valence-electron chi connectivity index (χ0n) is 12.6. The SMILES string of the molecule is CC(C)CC(C)N(C)C(=O)COc1ccccc1C#N. The van der Waals surface area contributed by atoms with E-state index in [1.165, 1.54) is 0 Å². The minimum atomic E-state index is -0.0779. The van der Waals surface area contributed by atoms with Gasteiger partial charge in [-0.2, -0.15) is 5.26 Å². The number of ether oxygens (including phenoxy) is 1. The zero-order valence-corrected chi connectivity index (χ0v) is 12.6. The van der Waals surface area contributed by atoms with Gasteiger partial charge in [-0.3, -0.25) is 4.79 Å². The first-order valence-corrected chi connectivity index (χ1v) is 6.83. The van der Waals surface area contributed by atoms with Crippen LogP contribution in [0, 0.1) is 17.2 Å². The van der Waals surface area contributed by atoms with E-state index in [4.69, 9.17) is 10.00 Å². The third-order valence-corrected chi connectivity index (χ3v) is 3.23. The molecule has 1 aromatic rings. The van der Waals surface area contributed by atoms with E-state index in [1.807, 2.05) is 13.0 Å². The van der Waals surface area contributed by atoms with Gasteiger partial charge >= 0.3 is 0 Å². The van der Waals surface area contributed by atoms with Crippen LogP contribution < -0.4 is 4.74 Å². The normalized spacial score (nSPS) is 11.8. The average Bonchev–Trinajstić information content (AvgIpc) is 2.43. The van der Waals surface area contributed by atoms with E-state index in [9.17, 15) is 4.79 Å². The maximum atomic E-state index is 12.1. The molecule has 0 aromatic heterocycles. The number of hydrogen-bond donors (Lipinski definition) is 0. The van der Waals surface area contributed by atoms with Gasteiger partial charge in [0.2, 0.25) is 0 Å². The Morgan fingerprint density at radius 2 is 2.00 bits per heavy atom. The van der Waals surface area contributed by atoms with Gasteiger partial charge in [0.05, 0.1) is 5.56 Å². The standard InChI is InChI=1S/C16H22N2O2/c1-12(2)9-13(3)18(4)16(19)11-20-15-8-6-5-7-14(15)10-17/h5-8,12-13H,9,11H2,1-4H3. The minimum Gasteiger partial charge on any atom is -0.482 e. The Bertz CT molecular complexity index is 491. The molecule has 0 aliphatic heterocycles. The number of para-hydroxylation sites is 1. The van der Waals surface area contributed by atoms with Crippen LogP contribution in [-0.4, -0.2) is 30.5 Å². The van der Waals surface area contributed by atoms with Gasteiger partial charge in [-0.25, -0.2) is 0 Å². The van der Waals surface area contributed by atoms with Crippen LogP contribution >= 0.6 is 0 Å². The van der Waals surface area contributed by atoms with Gasteiger partial charge in [0, 0.05) is 13.1 Å². The maximum absolute atomic E-state index is 12.1. The molecule has 0 aliphatic rings. The van der Waals surface area contributed by atoms with Crippen LogP contribution in [0.4, 0.5) is 0 Å². The lowest BCUT2D eigenvalue weighted by Crippen LogP contribution is -2.38. The van der Waals surface area contributed by atoms with Crippen LogP contribution in [0.25, 0.3) is 0 Å². The van der Waals surface area contributed by atoms with E-state index in [-0.39, 0.29) is 18.6 Å². The second-order valence-electron chi connectivity index (χ2n) is 5.38. The molecule has 0 radical (unpaired) electrons. The molecule has 1 unspecified atom stereocenters. The van der Waals surface area contributed by atoms with Crippen LogP contribution in [0.1, 0.15) is 32.8 Å². The molecule has 4 heteroatoms. The van der Waals surface area contributed by atoms with Crippen molar-refractivity contribution in [3.05, 3.63) is 29.8 Å². The van der Waals surface area contributed by atoms with Gasteiger partial charge in [-0.05, 0) is 31.4 Å². The summed E-state index contributed by atoms with van der Waals surface area (Å²) in [7, 11) is 1.79. The maximum Gasteiger partial charge on any atom is 0.260 e. The first-order valence-electron chi connectivity index (χ1n) is 6.83. The summed E-state index contributed by atoms with van der Waals surface area (Å²) in [5, 5.41) is 8.95. The van der Waals surface area contributed by atoms with Crippen LogP contribution in [-0.2, 0) is 4.79 Å². The zero-order chi connectivity index (χ0) is 15.1. The van der Waals surface area contributed by atoms with Gasteiger partial charge in [-0.1, -0.05) is 26.0 Å². The molecule has 1 aromatic carbocycles. The molecule has 0 N–H and O–H groups in total. The quantitative estimate of drug-likeness (QED) is 0.801. The number of carbonyl (C=O) groups excluding carboxylic acids is 1. The fourth-order valence-corrected chi connectivity index (χ4v) is 2.01. The second kappa shape index (κ2) is 7.54. The molecule has 20 heavy (non-hydrogen) atoms. The summed E-state index contributed by atoms with van der Waals surface area (Å²) in [6.45, 7) is 6.25. The number of benzene rings is 1. The molecule has 1 rings (SSSR count). The van der Waals surface area contributed by atoms with Crippen molar-refractivity contribution in [2.24, 2.45) is 5.92 Å². The topological polar surface area (TPSA) is 53.3 Å². The van der Waals surface area contributed by atoms with E-state index in [2.05, 4.69) is 13.8 Å². The van der Waals surface area contributed by atoms with Crippen molar-refractivity contribution in [3.63, 3.8) is 0 Å². The predicted octanol–water partition coefficient (Wildman–Crippen LogP) is 2.83. The second-order valence-corrected chi connectivity index (χ2v) is 5.38. The van der Waals surface area contributed by atoms with Crippen molar-refractivity contribution in [2.75, 3.05) is 13.7 Å². The summed E-state index contributed by atoms with van der Waals surface area (Å²) < 4.78 is 5.45. The summed E-state index contributed by atoms with van der Waals surface area (Å²) in [5.41, 5.74) is 0.443. The monoisotopic (exact) mass is 274 g/mol. The Hall–Kier alpha value is -2.02. The van der Waals surface area contributed by atoms with Gasteiger partial charge in [0.15, 0.2) is 6.61 Å². The highest BCUT2D eigenvalue weighted by Crippen LogP contribution is 2.17. The Morgan fingerprint density at radius 3 is 2.60 bits per heavy atom. The van der Waals surface area contributed by atoms with Gasteiger partial charge in [-0.15, -0.1) is 0 Å². The smallest absolute Gasteiger partial charge is 0.260 e. The molecule has 1 amide bonds. The summed E-state index contributed by atoms with van der Waals surface area (Å²) in [5.74, 6) is 0.916. The number of hydrogen-bond acceptors (Lipinski definition) is 3. The third-order valence-electron chi connectivity index (χ3n) is 3.23. The van der Waals surface area contributed by atoms with Crippen LogP contribution in [0.5, 0.6) is 5.75 Å². The summed E-state index contributed by atoms with van der Waals surface area (Å²) >= 11 is 0. The highest BCUT2D eigenvalue weighted by Gasteiger charge is 2.17. The highest BCUT2D eigenvalue weighted by atomic mass is 16.5. The molecule has 0 saturated heterocycles. The first kappa shape index (κ1) is 16.0. The van der Waals surface area contributed by atoms with E-state index in [1.54, 1.807) is 36.2 Å². The number of nitrogens with zero attached hydrogens (tertiary/aromatic N) is 2. The molecule has 0 spiro atoms. The third kappa shape index (κ3) is 4.58. The number of carbonyl (C=O) groups is 1. The van der Waals surface area contributed by atoms with Crippen molar-refractivity contribution >= 4 is 5.91 Å². The Labute approximate surface area is 121 Å². The molecule has 0 aliphatic carbocycles. The molecule has 4 nitrogen and oxygen atoms in total. The summed E-state index contributed by atoms with van der Waals surface area (Å²) in [4.78, 5) is 13.8. The largest absolute Gasteiger partial charge is 0.482 e. The number of nitriles is 1. The predicted molar refractivity (Wildman–Crippen MR) is 78.3 cm³/mol. The van der Waals surface area contributed by atoms with Crippen molar-refractivity contribution in [3.8, 4) is 11.8 Å². The van der Waals surface area contributed by atoms with Crippen molar-refractivity contribution in [1.82, 2.24) is 4.90 Å². The van der Waals surface area contributed by atoms with Crippen LogP contribution in [0.2, 0.25) is 0 Å². The summed E-state index contributed by atoms with van der Waals surface area (Å²) in [6.07, 6.45) is 0.955. The van der Waals surface area contributed by atoms with Crippen LogP contribution in [0.15, 0.2) is 24.3 Å². The molecule has 108 valence electrons. The highest BCUT2D eigenvalue weighted by molar-refractivity contribution is 5.77. The molecule has 0 heterocycles. The fraction of sp³-hybridized carbons (Fsp3) is 0.500. The van der Waals surface area contributed by atoms with Crippen molar-refractivity contribution in [1.29, 1.82) is 5.26 Å². The van der Waals surface area contributed by atoms with Crippen molar-refractivity contribution in [2.45, 2.75) is 33.2 Å². The Balaban J connectivity index is 2.57. The molecule has 0 saturated carbocycles. The van der Waals surface area contributed by atoms with Gasteiger partial charge in [0.1, 0.15) is 11.8 Å². The minimum absolute atomic E-state index is 0.0440. The molecular formula is C16H22N2O2. The van der Waals surface area contributed by atoms with Gasteiger partial charge in [0.25, 0.3) is 5.91 Å². The van der Waals surface area contributed by atoms with Crippen molar-refractivity contribution < 1.29 is 9.53 Å². The average molecular weight is 274 g/mol. The number of rotatable bonds is 6. The lowest BCUT2D eigenvalue weighted by molar-refractivity contribution is -0.134. The van der Waals surface area contributed by atoms with E-state index in [0.717, 1.165) is 6.42 Å². The molecule has 0 bridgehead atoms. The summed E-state index contributed by atoms with van der Waals surface area (Å²) in [6, 6.07) is 9.15. The molecular weight excluding hydrogens is 252 g/mol. The lowest BCUT2D eigenvalue weighted by Gasteiger charge is -2.26. The van der Waals surface area contributed by atoms with Gasteiger partial charge < -0.3 is 9.64 Å². The fourth-order valence-electron chi connectivity index (χ4n) is 2.01. The van der Waals surface area contributed by atoms with E-state index in [0.29, 0.717) is 17.2 Å². The molecule has 1 atom stereocenters. The van der Waals surface area contributed by atoms with Crippen LogP contribution in [0.3, 0.4) is 0 Å². The number of amides is 1. The van der Waals surface area contributed by atoms with E-state index >= 15 is 0 Å². The Kier molecular flexibility index (Phi) is 6.05.